The molecule has 34 heavy (non-hydrogen) atoms. The molecule has 0 bridgehead atoms. The summed E-state index contributed by atoms with van der Waals surface area (Å²) in [4.78, 5) is 23.5. The summed E-state index contributed by atoms with van der Waals surface area (Å²) in [5.41, 5.74) is 1.40. The topological polar surface area (TPSA) is 84.8 Å². The molecule has 10 heteroatoms. The number of fused-ring (bicyclic) bond motifs is 7. The summed E-state index contributed by atoms with van der Waals surface area (Å²) in [5.74, 6) is -1.03. The number of aliphatic hydroxyl groups is 1. The summed E-state index contributed by atoms with van der Waals surface area (Å²) in [7, 11) is 0. The Morgan fingerprint density at radius 3 is 2.41 bits per heavy atom. The van der Waals surface area contributed by atoms with Gasteiger partial charge in [0.2, 0.25) is 0 Å². The zero-order valence-electron chi connectivity index (χ0n) is 17.4. The third-order valence-electron chi connectivity index (χ3n) is 6.23. The molecule has 1 saturated heterocycles. The molecular formula is C24H16F3N3O4. The molecule has 4 aromatic rings. The van der Waals surface area contributed by atoms with Crippen molar-refractivity contribution >= 4 is 39.1 Å². The molecule has 0 amide bonds. The number of aromatic nitrogens is 2. The highest BCUT2D eigenvalue weighted by atomic mass is 19.4. The second kappa shape index (κ2) is 7.04. The Morgan fingerprint density at radius 2 is 1.71 bits per heavy atom. The third kappa shape index (κ3) is 3.06. The number of anilines is 2. The Hall–Kier alpha value is -3.92. The second-order valence-electron chi connectivity index (χ2n) is 8.33. The smallest absolute Gasteiger partial charge is 0.461 e. The van der Waals surface area contributed by atoms with Gasteiger partial charge in [-0.25, -0.2) is 4.79 Å². The first-order valence-electron chi connectivity index (χ1n) is 10.4. The van der Waals surface area contributed by atoms with E-state index in [1.165, 1.54) is 12.1 Å². The van der Waals surface area contributed by atoms with Gasteiger partial charge in [-0.1, -0.05) is 6.07 Å². The quantitative estimate of drug-likeness (QED) is 0.352. The van der Waals surface area contributed by atoms with Gasteiger partial charge in [0.05, 0.1) is 16.7 Å². The van der Waals surface area contributed by atoms with E-state index in [1.54, 1.807) is 29.4 Å². The molecule has 2 aliphatic rings. The van der Waals surface area contributed by atoms with Gasteiger partial charge < -0.3 is 19.5 Å². The van der Waals surface area contributed by atoms with Crippen molar-refractivity contribution in [2.24, 2.45) is 0 Å². The zero-order valence-corrected chi connectivity index (χ0v) is 17.4. The summed E-state index contributed by atoms with van der Waals surface area (Å²) in [6, 6.07) is 11.3. The van der Waals surface area contributed by atoms with Crippen LogP contribution in [0.3, 0.4) is 0 Å². The van der Waals surface area contributed by atoms with Gasteiger partial charge in [0.1, 0.15) is 18.0 Å². The van der Waals surface area contributed by atoms with Crippen molar-refractivity contribution in [2.45, 2.75) is 24.4 Å². The van der Waals surface area contributed by atoms with Crippen LogP contribution in [0.4, 0.5) is 24.5 Å². The number of alkyl halides is 3. The number of benzene rings is 2. The van der Waals surface area contributed by atoms with Crippen LogP contribution in [-0.2, 0) is 16.0 Å². The number of carbonyl (C=O) groups excluding carboxylic acids is 1. The fourth-order valence-corrected chi connectivity index (χ4v) is 4.95. The van der Waals surface area contributed by atoms with Gasteiger partial charge >= 0.3 is 12.3 Å². The monoisotopic (exact) mass is 467 g/mol. The van der Waals surface area contributed by atoms with Crippen molar-refractivity contribution in [3.05, 3.63) is 66.5 Å². The SMILES string of the molecule is O=C1OCC2(O)Cc3c(c4ncccc4c4ncccc34)N(c3ccc(OC(F)(F)F)cc3)C12. The lowest BCUT2D eigenvalue weighted by Crippen LogP contribution is -2.56. The van der Waals surface area contributed by atoms with E-state index >= 15 is 0 Å². The van der Waals surface area contributed by atoms with Gasteiger partial charge in [-0.3, -0.25) is 9.97 Å². The number of nitrogens with zero attached hydrogens (tertiary/aromatic N) is 3. The number of cyclic esters (lactones) is 1. The Kier molecular flexibility index (Phi) is 4.28. The van der Waals surface area contributed by atoms with Crippen molar-refractivity contribution in [3.8, 4) is 5.75 Å². The van der Waals surface area contributed by atoms with Crippen molar-refractivity contribution in [3.63, 3.8) is 0 Å². The van der Waals surface area contributed by atoms with Crippen LogP contribution >= 0.6 is 0 Å². The summed E-state index contributed by atoms with van der Waals surface area (Å²) in [5, 5.41) is 13.0. The average molecular weight is 467 g/mol. The number of pyridine rings is 2. The number of halogens is 3. The molecule has 1 N–H and O–H groups in total. The van der Waals surface area contributed by atoms with Crippen LogP contribution in [0, 0.1) is 0 Å². The molecule has 172 valence electrons. The van der Waals surface area contributed by atoms with E-state index in [-0.39, 0.29) is 13.0 Å². The molecule has 6 rings (SSSR count). The zero-order chi connectivity index (χ0) is 23.7. The van der Waals surface area contributed by atoms with E-state index in [1.807, 2.05) is 12.1 Å². The number of carbonyl (C=O) groups is 1. The molecule has 7 nitrogen and oxygen atoms in total. The highest BCUT2D eigenvalue weighted by molar-refractivity contribution is 6.14. The highest BCUT2D eigenvalue weighted by Gasteiger charge is 2.57. The molecule has 0 saturated carbocycles. The Morgan fingerprint density at radius 1 is 1.03 bits per heavy atom. The predicted molar refractivity (Wildman–Crippen MR) is 116 cm³/mol. The number of hydrogen-bond donors (Lipinski definition) is 1. The lowest BCUT2D eigenvalue weighted by atomic mass is 9.80. The fraction of sp³-hybridized carbons (Fsp3) is 0.208. The van der Waals surface area contributed by atoms with Crippen LogP contribution in [-0.4, -0.2) is 45.7 Å². The minimum absolute atomic E-state index is 0.124. The van der Waals surface area contributed by atoms with Crippen molar-refractivity contribution in [1.29, 1.82) is 0 Å². The summed E-state index contributed by atoms with van der Waals surface area (Å²) in [6.07, 6.45) is -1.43. The van der Waals surface area contributed by atoms with E-state index in [0.717, 1.165) is 28.5 Å². The molecule has 0 spiro atoms. The summed E-state index contributed by atoms with van der Waals surface area (Å²) in [6.45, 7) is -0.205. The molecule has 2 unspecified atom stereocenters. The van der Waals surface area contributed by atoms with Gasteiger partial charge in [0.25, 0.3) is 0 Å². The van der Waals surface area contributed by atoms with Crippen LogP contribution in [0.2, 0.25) is 0 Å². The summed E-state index contributed by atoms with van der Waals surface area (Å²) < 4.78 is 47.2. The standard InChI is InChI=1S/C24H16F3N3O4/c25-24(26,27)34-14-7-5-13(6-8-14)30-20-17(11-23(32)12-33-22(31)21(23)30)15-3-1-9-28-18(15)16-4-2-10-29-19(16)20/h1-10,21,32H,11-12H2. The number of rotatable bonds is 2. The van der Waals surface area contributed by atoms with Crippen molar-refractivity contribution < 1.29 is 32.5 Å². The van der Waals surface area contributed by atoms with Gasteiger partial charge in [0.15, 0.2) is 6.04 Å². The van der Waals surface area contributed by atoms with E-state index in [4.69, 9.17) is 4.74 Å². The van der Waals surface area contributed by atoms with Gasteiger partial charge in [-0.15, -0.1) is 13.2 Å². The maximum absolute atomic E-state index is 12.8. The number of esters is 1. The average Bonchev–Trinajstić information content (AvgIpc) is 3.12. The molecule has 2 aliphatic heterocycles. The lowest BCUT2D eigenvalue weighted by molar-refractivity contribution is -0.274. The van der Waals surface area contributed by atoms with Crippen molar-refractivity contribution in [1.82, 2.24) is 9.97 Å². The van der Waals surface area contributed by atoms with Crippen LogP contribution in [0.25, 0.3) is 21.8 Å². The first kappa shape index (κ1) is 20.7. The molecule has 0 radical (unpaired) electrons. The normalized spacial score (nSPS) is 21.9. The first-order chi connectivity index (χ1) is 16.3. The Balaban J connectivity index is 1.64. The Labute approximate surface area is 190 Å². The maximum Gasteiger partial charge on any atom is 0.573 e. The number of ether oxygens (including phenoxy) is 2. The maximum atomic E-state index is 12.8. The van der Waals surface area contributed by atoms with E-state index in [0.29, 0.717) is 22.4 Å². The predicted octanol–water partition coefficient (Wildman–Crippen LogP) is 4.03. The molecule has 4 heterocycles. The van der Waals surface area contributed by atoms with Crippen LogP contribution < -0.4 is 9.64 Å². The molecular weight excluding hydrogens is 451 g/mol. The van der Waals surface area contributed by atoms with Crippen LogP contribution in [0.1, 0.15) is 5.56 Å². The van der Waals surface area contributed by atoms with Crippen LogP contribution in [0.15, 0.2) is 60.9 Å². The molecule has 2 atom stereocenters. The van der Waals surface area contributed by atoms with E-state index in [2.05, 4.69) is 14.7 Å². The first-order valence-corrected chi connectivity index (χ1v) is 10.4. The van der Waals surface area contributed by atoms with Crippen molar-refractivity contribution in [2.75, 3.05) is 11.5 Å². The van der Waals surface area contributed by atoms with Crippen LogP contribution in [0.5, 0.6) is 5.75 Å². The Bertz CT molecular complexity index is 1460. The van der Waals surface area contributed by atoms with E-state index < -0.39 is 29.7 Å². The minimum atomic E-state index is -4.83. The van der Waals surface area contributed by atoms with Gasteiger partial charge in [-0.2, -0.15) is 0 Å². The highest BCUT2D eigenvalue weighted by Crippen LogP contribution is 2.49. The minimum Gasteiger partial charge on any atom is -0.461 e. The largest absolute Gasteiger partial charge is 0.573 e. The molecule has 1 fully saturated rings. The molecule has 0 aliphatic carbocycles. The third-order valence-corrected chi connectivity index (χ3v) is 6.23. The number of hydrogen-bond acceptors (Lipinski definition) is 7. The second-order valence-corrected chi connectivity index (χ2v) is 8.33. The van der Waals surface area contributed by atoms with E-state index in [9.17, 15) is 23.1 Å². The fourth-order valence-electron chi connectivity index (χ4n) is 4.95. The molecule has 2 aromatic carbocycles. The van der Waals surface area contributed by atoms with Gasteiger partial charge in [0, 0.05) is 35.3 Å². The lowest BCUT2D eigenvalue weighted by Gasteiger charge is -2.43. The molecule has 2 aromatic heterocycles. The van der Waals surface area contributed by atoms with Gasteiger partial charge in [-0.05, 0) is 48.0 Å². The summed E-state index contributed by atoms with van der Waals surface area (Å²) >= 11 is 0.